The molecule has 1 unspecified atom stereocenters. The molecule has 0 amide bonds. The van der Waals surface area contributed by atoms with Gasteiger partial charge in [-0.05, 0) is 15.0 Å². The quantitative estimate of drug-likeness (QED) is 0.603. The van der Waals surface area contributed by atoms with Crippen molar-refractivity contribution in [2.45, 2.75) is 6.16 Å². The van der Waals surface area contributed by atoms with Gasteiger partial charge in [0.2, 0.25) is 0 Å². The van der Waals surface area contributed by atoms with Crippen LogP contribution >= 0.6 is 17.8 Å². The summed E-state index contributed by atoms with van der Waals surface area (Å²) in [4.78, 5) is 0. The molecular formula is C7H9NP2. The second-order valence-electron chi connectivity index (χ2n) is 1.90. The van der Waals surface area contributed by atoms with E-state index in [1.165, 1.54) is 5.56 Å². The molecule has 1 rings (SSSR count). The summed E-state index contributed by atoms with van der Waals surface area (Å²) < 4.78 is 3.92. The van der Waals surface area contributed by atoms with Crippen LogP contribution in [0.25, 0.3) is 0 Å². The maximum Gasteiger partial charge on any atom is 0.0323 e. The molecule has 0 aliphatic rings. The summed E-state index contributed by atoms with van der Waals surface area (Å²) in [5, 5.41) is 0. The molecule has 0 radical (unpaired) electrons. The molecule has 1 aromatic carbocycles. The molecule has 0 aromatic heterocycles. The molecule has 1 atom stereocenters. The summed E-state index contributed by atoms with van der Waals surface area (Å²) in [7, 11) is 3.48. The van der Waals surface area contributed by atoms with E-state index >= 15 is 0 Å². The van der Waals surface area contributed by atoms with E-state index in [4.69, 9.17) is 0 Å². The highest BCUT2D eigenvalue weighted by molar-refractivity contribution is 7.34. The van der Waals surface area contributed by atoms with Crippen LogP contribution in [-0.4, -0.2) is 0 Å². The highest BCUT2D eigenvalue weighted by atomic mass is 31.1. The van der Waals surface area contributed by atoms with E-state index in [1.807, 2.05) is 18.2 Å². The highest BCUT2D eigenvalue weighted by Crippen LogP contribution is 2.12. The van der Waals surface area contributed by atoms with E-state index in [-0.39, 0.29) is 0 Å². The van der Waals surface area contributed by atoms with Crippen molar-refractivity contribution in [2.75, 3.05) is 0 Å². The average Bonchev–Trinajstić information content (AvgIpc) is 2.03. The molecule has 0 N–H and O–H groups in total. The molecule has 3 heteroatoms. The highest BCUT2D eigenvalue weighted by Gasteiger charge is 1.84. The van der Waals surface area contributed by atoms with E-state index in [9.17, 15) is 0 Å². The smallest absolute Gasteiger partial charge is 0.0323 e. The van der Waals surface area contributed by atoms with Gasteiger partial charge in [0.05, 0.1) is 0 Å². The summed E-state index contributed by atoms with van der Waals surface area (Å²) in [5.41, 5.74) is 1.34. The minimum atomic E-state index is 1.02. The van der Waals surface area contributed by atoms with Crippen LogP contribution in [-0.2, 0) is 6.16 Å². The zero-order chi connectivity index (χ0) is 7.23. The first kappa shape index (κ1) is 7.85. The van der Waals surface area contributed by atoms with Crippen LogP contribution in [0.3, 0.4) is 0 Å². The van der Waals surface area contributed by atoms with Crippen molar-refractivity contribution in [3.05, 3.63) is 35.9 Å². The van der Waals surface area contributed by atoms with Gasteiger partial charge in [0.1, 0.15) is 0 Å². The Kier molecular flexibility index (Phi) is 3.57. The minimum absolute atomic E-state index is 1.02. The molecule has 10 heavy (non-hydrogen) atoms. The molecule has 1 aromatic rings. The van der Waals surface area contributed by atoms with Crippen molar-refractivity contribution in [1.82, 2.24) is 0 Å². The van der Waals surface area contributed by atoms with E-state index < -0.39 is 0 Å². The van der Waals surface area contributed by atoms with Gasteiger partial charge < -0.3 is 0 Å². The average molecular weight is 169 g/mol. The van der Waals surface area contributed by atoms with Crippen LogP contribution in [0, 0.1) is 0 Å². The van der Waals surface area contributed by atoms with Crippen molar-refractivity contribution in [1.29, 1.82) is 0 Å². The van der Waals surface area contributed by atoms with Gasteiger partial charge >= 0.3 is 0 Å². The van der Waals surface area contributed by atoms with Gasteiger partial charge in [0, 0.05) is 14.5 Å². The maximum absolute atomic E-state index is 3.92. The lowest BCUT2D eigenvalue weighted by Gasteiger charge is -1.90. The van der Waals surface area contributed by atoms with Gasteiger partial charge in [0.15, 0.2) is 0 Å². The van der Waals surface area contributed by atoms with Crippen molar-refractivity contribution in [2.24, 2.45) is 4.52 Å². The maximum atomic E-state index is 3.92. The third-order valence-corrected chi connectivity index (χ3v) is 2.34. The van der Waals surface area contributed by atoms with Crippen LogP contribution in [0.4, 0.5) is 0 Å². The lowest BCUT2D eigenvalue weighted by atomic mass is 10.2. The van der Waals surface area contributed by atoms with Crippen LogP contribution in [0.15, 0.2) is 34.8 Å². The Balaban J connectivity index is 2.59. The standard InChI is InChI=1S/C7H9NP2/c9-8-10-6-7-4-2-1-3-5-7/h1-5H,6,9H2. The summed E-state index contributed by atoms with van der Waals surface area (Å²) >= 11 is 0. The van der Waals surface area contributed by atoms with E-state index in [0.717, 1.165) is 14.5 Å². The molecule has 0 spiro atoms. The number of nitrogens with zero attached hydrogens (tertiary/aromatic N) is 1. The third kappa shape index (κ3) is 2.56. The second kappa shape index (κ2) is 4.55. The van der Waals surface area contributed by atoms with Crippen molar-refractivity contribution >= 4 is 17.8 Å². The molecule has 0 bridgehead atoms. The fraction of sp³-hybridized carbons (Fsp3) is 0.143. The normalized spacial score (nSPS) is 10.5. The molecule has 1 nitrogen and oxygen atoms in total. The summed E-state index contributed by atoms with van der Waals surface area (Å²) in [5.74, 6) is 0. The van der Waals surface area contributed by atoms with Crippen LogP contribution in [0.1, 0.15) is 5.56 Å². The Bertz CT molecular complexity index is 208. The van der Waals surface area contributed by atoms with Gasteiger partial charge in [-0.15, -0.1) is 0 Å². The molecule has 0 fully saturated rings. The molecule has 0 aliphatic heterocycles. The fourth-order valence-electron chi connectivity index (χ4n) is 0.706. The first-order chi connectivity index (χ1) is 4.93. The molecule has 0 heterocycles. The van der Waals surface area contributed by atoms with Gasteiger partial charge in [-0.25, -0.2) is 0 Å². The van der Waals surface area contributed by atoms with E-state index in [0.29, 0.717) is 0 Å². The number of benzene rings is 1. The summed E-state index contributed by atoms with van der Waals surface area (Å²) in [6, 6.07) is 10.4. The summed E-state index contributed by atoms with van der Waals surface area (Å²) in [6.07, 6.45) is 1.02. The summed E-state index contributed by atoms with van der Waals surface area (Å²) in [6.45, 7) is 0. The van der Waals surface area contributed by atoms with Crippen LogP contribution in [0.2, 0.25) is 0 Å². The zero-order valence-electron chi connectivity index (χ0n) is 5.57. The Morgan fingerprint density at radius 3 is 2.60 bits per heavy atom. The van der Waals surface area contributed by atoms with Crippen molar-refractivity contribution < 1.29 is 0 Å². The molecule has 52 valence electrons. The lowest BCUT2D eigenvalue weighted by Crippen LogP contribution is -1.71. The predicted molar refractivity (Wildman–Crippen MR) is 49.2 cm³/mol. The van der Waals surface area contributed by atoms with Gasteiger partial charge in [-0.3, -0.25) is 4.52 Å². The molecule has 0 saturated heterocycles. The monoisotopic (exact) mass is 169 g/mol. The fourth-order valence-corrected chi connectivity index (χ4v) is 1.41. The largest absolute Gasteiger partial charge is 0.252 e. The van der Waals surface area contributed by atoms with Gasteiger partial charge in [-0.1, -0.05) is 30.3 Å². The van der Waals surface area contributed by atoms with Gasteiger partial charge in [0.25, 0.3) is 0 Å². The van der Waals surface area contributed by atoms with E-state index in [1.54, 1.807) is 0 Å². The Hall–Kier alpha value is -0.250. The predicted octanol–water partition coefficient (Wildman–Crippen LogP) is 3.11. The van der Waals surface area contributed by atoms with Crippen LogP contribution in [0.5, 0.6) is 0 Å². The first-order valence-corrected chi connectivity index (χ1v) is 4.59. The minimum Gasteiger partial charge on any atom is -0.252 e. The number of rotatable bonds is 2. The molecule has 0 saturated carbocycles. The second-order valence-corrected chi connectivity index (χ2v) is 3.42. The van der Waals surface area contributed by atoms with E-state index in [2.05, 4.69) is 26.0 Å². The van der Waals surface area contributed by atoms with Crippen molar-refractivity contribution in [3.63, 3.8) is 0 Å². The van der Waals surface area contributed by atoms with Gasteiger partial charge in [-0.2, -0.15) is 0 Å². The molecule has 0 aliphatic carbocycles. The Morgan fingerprint density at radius 2 is 2.00 bits per heavy atom. The first-order valence-electron chi connectivity index (χ1n) is 3.04. The van der Waals surface area contributed by atoms with Crippen molar-refractivity contribution in [3.8, 4) is 0 Å². The SMILES string of the molecule is PN=PCc1ccccc1. The topological polar surface area (TPSA) is 12.4 Å². The number of hydrogen-bond donors (Lipinski definition) is 0. The molecular weight excluding hydrogens is 160 g/mol. The lowest BCUT2D eigenvalue weighted by molar-refractivity contribution is 1.41. The zero-order valence-corrected chi connectivity index (χ0v) is 7.61. The Morgan fingerprint density at radius 1 is 1.30 bits per heavy atom. The third-order valence-electron chi connectivity index (χ3n) is 1.18. The van der Waals surface area contributed by atoms with Crippen LogP contribution < -0.4 is 0 Å². The number of hydrogen-bond acceptors (Lipinski definition) is 1. The Labute approximate surface area is 65.0 Å².